The SMILES string of the molecule is COC1O[C@@H](CO)[C@H](O)[C@H]1O. The topological polar surface area (TPSA) is 79.2 Å². The van der Waals surface area contributed by atoms with Gasteiger partial charge in [0.1, 0.15) is 18.3 Å². The molecule has 1 aliphatic heterocycles. The lowest BCUT2D eigenvalue weighted by Crippen LogP contribution is -2.34. The molecule has 1 unspecified atom stereocenters. The van der Waals surface area contributed by atoms with E-state index in [1.54, 1.807) is 0 Å². The molecule has 1 fully saturated rings. The highest BCUT2D eigenvalue weighted by Crippen LogP contribution is 2.20. The van der Waals surface area contributed by atoms with Gasteiger partial charge in [0.2, 0.25) is 0 Å². The van der Waals surface area contributed by atoms with Crippen LogP contribution in [0.15, 0.2) is 0 Å². The van der Waals surface area contributed by atoms with Gasteiger partial charge in [0.15, 0.2) is 6.29 Å². The molecule has 5 nitrogen and oxygen atoms in total. The van der Waals surface area contributed by atoms with Crippen molar-refractivity contribution in [1.29, 1.82) is 0 Å². The molecular weight excluding hydrogens is 152 g/mol. The van der Waals surface area contributed by atoms with E-state index in [4.69, 9.17) is 20.1 Å². The van der Waals surface area contributed by atoms with Gasteiger partial charge in [-0.15, -0.1) is 0 Å². The zero-order chi connectivity index (χ0) is 8.43. The third-order valence-electron chi connectivity index (χ3n) is 1.73. The van der Waals surface area contributed by atoms with Gasteiger partial charge in [-0.05, 0) is 0 Å². The van der Waals surface area contributed by atoms with E-state index < -0.39 is 24.6 Å². The van der Waals surface area contributed by atoms with Crippen molar-refractivity contribution in [2.24, 2.45) is 0 Å². The van der Waals surface area contributed by atoms with E-state index in [0.717, 1.165) is 0 Å². The Hall–Kier alpha value is -0.200. The van der Waals surface area contributed by atoms with Crippen LogP contribution >= 0.6 is 0 Å². The number of aliphatic hydroxyl groups excluding tert-OH is 3. The zero-order valence-corrected chi connectivity index (χ0v) is 6.17. The summed E-state index contributed by atoms with van der Waals surface area (Å²) in [7, 11) is 1.36. The second-order valence-electron chi connectivity index (χ2n) is 2.44. The summed E-state index contributed by atoms with van der Waals surface area (Å²) < 4.78 is 9.59. The van der Waals surface area contributed by atoms with Crippen LogP contribution in [0.4, 0.5) is 0 Å². The third-order valence-corrected chi connectivity index (χ3v) is 1.73. The summed E-state index contributed by atoms with van der Waals surface area (Å²) in [5.41, 5.74) is 0. The van der Waals surface area contributed by atoms with E-state index in [2.05, 4.69) is 4.74 Å². The number of aliphatic hydroxyl groups is 3. The van der Waals surface area contributed by atoms with Crippen molar-refractivity contribution < 1.29 is 24.8 Å². The van der Waals surface area contributed by atoms with E-state index in [0.29, 0.717) is 0 Å². The Morgan fingerprint density at radius 1 is 1.36 bits per heavy atom. The molecule has 0 radical (unpaired) electrons. The molecule has 11 heavy (non-hydrogen) atoms. The van der Waals surface area contributed by atoms with Gasteiger partial charge >= 0.3 is 0 Å². The maximum atomic E-state index is 9.15. The Morgan fingerprint density at radius 3 is 2.27 bits per heavy atom. The smallest absolute Gasteiger partial charge is 0.186 e. The molecule has 1 rings (SSSR count). The fraction of sp³-hybridized carbons (Fsp3) is 1.00. The maximum absolute atomic E-state index is 9.15. The molecule has 5 heteroatoms. The third kappa shape index (κ3) is 1.52. The van der Waals surface area contributed by atoms with E-state index in [1.807, 2.05) is 0 Å². The molecule has 1 saturated heterocycles. The first-order valence-corrected chi connectivity index (χ1v) is 3.36. The van der Waals surface area contributed by atoms with Gasteiger partial charge in [0.05, 0.1) is 6.61 Å². The quantitative estimate of drug-likeness (QED) is 0.443. The van der Waals surface area contributed by atoms with Gasteiger partial charge in [-0.3, -0.25) is 0 Å². The Morgan fingerprint density at radius 2 is 2.00 bits per heavy atom. The zero-order valence-electron chi connectivity index (χ0n) is 6.17. The predicted octanol–water partition coefficient (Wildman–Crippen LogP) is -1.93. The summed E-state index contributed by atoms with van der Waals surface area (Å²) >= 11 is 0. The van der Waals surface area contributed by atoms with E-state index in [9.17, 15) is 0 Å². The van der Waals surface area contributed by atoms with Crippen LogP contribution in [0.25, 0.3) is 0 Å². The first-order chi connectivity index (χ1) is 5.20. The molecule has 66 valence electrons. The largest absolute Gasteiger partial charge is 0.394 e. The molecule has 3 N–H and O–H groups in total. The second kappa shape index (κ2) is 3.46. The molecule has 0 bridgehead atoms. The molecule has 0 aromatic rings. The molecule has 0 aromatic heterocycles. The van der Waals surface area contributed by atoms with Gasteiger partial charge in [0, 0.05) is 7.11 Å². The Balaban J connectivity index is 2.53. The van der Waals surface area contributed by atoms with Crippen molar-refractivity contribution in [3.8, 4) is 0 Å². The molecular formula is C6H12O5. The normalized spacial score (nSPS) is 44.7. The Labute approximate surface area is 64.2 Å². The maximum Gasteiger partial charge on any atom is 0.186 e. The summed E-state index contributed by atoms with van der Waals surface area (Å²) in [4.78, 5) is 0. The fourth-order valence-corrected chi connectivity index (χ4v) is 1.06. The van der Waals surface area contributed by atoms with Crippen molar-refractivity contribution in [2.45, 2.75) is 24.6 Å². The summed E-state index contributed by atoms with van der Waals surface area (Å²) in [6, 6.07) is 0. The second-order valence-corrected chi connectivity index (χ2v) is 2.44. The lowest BCUT2D eigenvalue weighted by atomic mass is 10.1. The number of hydrogen-bond acceptors (Lipinski definition) is 5. The minimum atomic E-state index is -1.07. The van der Waals surface area contributed by atoms with Crippen LogP contribution in [0.3, 0.4) is 0 Å². The average molecular weight is 164 g/mol. The predicted molar refractivity (Wildman–Crippen MR) is 34.8 cm³/mol. The van der Waals surface area contributed by atoms with Crippen molar-refractivity contribution in [1.82, 2.24) is 0 Å². The molecule has 0 saturated carbocycles. The van der Waals surface area contributed by atoms with Gasteiger partial charge in [-0.2, -0.15) is 0 Å². The van der Waals surface area contributed by atoms with E-state index in [1.165, 1.54) is 7.11 Å². The monoisotopic (exact) mass is 164 g/mol. The highest BCUT2D eigenvalue weighted by molar-refractivity contribution is 4.85. The van der Waals surface area contributed by atoms with Gasteiger partial charge < -0.3 is 24.8 Å². The van der Waals surface area contributed by atoms with Crippen LogP contribution in [0.5, 0.6) is 0 Å². The number of methoxy groups -OCH3 is 1. The highest BCUT2D eigenvalue weighted by atomic mass is 16.7. The summed E-state index contributed by atoms with van der Waals surface area (Å²) in [6.45, 7) is -0.321. The summed E-state index contributed by atoms with van der Waals surface area (Å²) in [6.07, 6.45) is -3.71. The molecule has 1 aliphatic rings. The van der Waals surface area contributed by atoms with Crippen LogP contribution in [0.1, 0.15) is 0 Å². The summed E-state index contributed by atoms with van der Waals surface area (Å²) in [5.74, 6) is 0. The molecule has 0 spiro atoms. The van der Waals surface area contributed by atoms with Crippen molar-refractivity contribution >= 4 is 0 Å². The molecule has 1 heterocycles. The lowest BCUT2D eigenvalue weighted by molar-refractivity contribution is -0.153. The first kappa shape index (κ1) is 8.89. The fourth-order valence-electron chi connectivity index (χ4n) is 1.06. The number of hydrogen-bond donors (Lipinski definition) is 3. The standard InChI is InChI=1S/C6H12O5/c1-10-6-5(9)4(8)3(2-7)11-6/h3-9H,2H2,1H3/t3-,4-,5+,6?/m0/s1. The van der Waals surface area contributed by atoms with Gasteiger partial charge in [0.25, 0.3) is 0 Å². The van der Waals surface area contributed by atoms with E-state index >= 15 is 0 Å². The number of ether oxygens (including phenoxy) is 2. The highest BCUT2D eigenvalue weighted by Gasteiger charge is 2.42. The molecule has 0 amide bonds. The minimum absolute atomic E-state index is 0.321. The van der Waals surface area contributed by atoms with Gasteiger partial charge in [-0.25, -0.2) is 0 Å². The van der Waals surface area contributed by atoms with Crippen molar-refractivity contribution in [2.75, 3.05) is 13.7 Å². The number of rotatable bonds is 2. The van der Waals surface area contributed by atoms with Gasteiger partial charge in [-0.1, -0.05) is 0 Å². The minimum Gasteiger partial charge on any atom is -0.394 e. The first-order valence-electron chi connectivity index (χ1n) is 3.36. The van der Waals surface area contributed by atoms with Crippen LogP contribution in [-0.4, -0.2) is 53.6 Å². The van der Waals surface area contributed by atoms with Crippen LogP contribution in [0, 0.1) is 0 Å². The van der Waals surface area contributed by atoms with Crippen molar-refractivity contribution in [3.63, 3.8) is 0 Å². The van der Waals surface area contributed by atoms with Crippen molar-refractivity contribution in [3.05, 3.63) is 0 Å². The molecule has 0 aromatic carbocycles. The van der Waals surface area contributed by atoms with E-state index in [-0.39, 0.29) is 6.61 Å². The molecule has 4 atom stereocenters. The molecule has 0 aliphatic carbocycles. The van der Waals surface area contributed by atoms with Crippen LogP contribution < -0.4 is 0 Å². The Bertz CT molecular complexity index is 110. The lowest BCUT2D eigenvalue weighted by Gasteiger charge is -2.11. The summed E-state index contributed by atoms with van der Waals surface area (Å²) in [5, 5.41) is 26.9. The average Bonchev–Trinajstić information content (AvgIpc) is 2.30. The Kier molecular flexibility index (Phi) is 2.80. The van der Waals surface area contributed by atoms with Crippen LogP contribution in [0.2, 0.25) is 0 Å². The van der Waals surface area contributed by atoms with Crippen LogP contribution in [-0.2, 0) is 9.47 Å².